The summed E-state index contributed by atoms with van der Waals surface area (Å²) in [6, 6.07) is 3.66. The summed E-state index contributed by atoms with van der Waals surface area (Å²) in [5.74, 6) is 0. The molecule has 0 bridgehead atoms. The van der Waals surface area contributed by atoms with E-state index >= 15 is 0 Å². The Hall–Kier alpha value is -2.73. The Morgan fingerprint density at radius 3 is 1.71 bits per heavy atom. The summed E-state index contributed by atoms with van der Waals surface area (Å²) in [6.45, 7) is 0. The summed E-state index contributed by atoms with van der Waals surface area (Å²) >= 11 is 0. The number of hydrogen-bond acceptors (Lipinski definition) is 3. The van der Waals surface area contributed by atoms with Crippen LogP contribution in [0, 0.1) is 34.0 Å². The lowest BCUT2D eigenvalue weighted by molar-refractivity contribution is -0.143. The highest BCUT2D eigenvalue weighted by Gasteiger charge is 2.44. The lowest BCUT2D eigenvalue weighted by atomic mass is 9.90. The topological polar surface area (TPSA) is 71.4 Å². The van der Waals surface area contributed by atoms with Crippen molar-refractivity contribution in [2.75, 3.05) is 0 Å². The fraction of sp³-hybridized carbons (Fsp3) is 0.250. The molecule has 0 saturated carbocycles. The highest BCUT2D eigenvalue weighted by atomic mass is 19.4. The first-order chi connectivity index (χ1) is 9.57. The summed E-state index contributed by atoms with van der Waals surface area (Å²) in [4.78, 5) is 0. The average Bonchev–Trinajstić information content (AvgIpc) is 2.34. The number of benzene rings is 1. The third-order valence-corrected chi connectivity index (χ3v) is 2.48. The van der Waals surface area contributed by atoms with Crippen LogP contribution in [0.3, 0.4) is 0 Å². The maximum atomic E-state index is 12.9. The van der Waals surface area contributed by atoms with Gasteiger partial charge in [0.2, 0.25) is 0 Å². The zero-order valence-corrected chi connectivity index (χ0v) is 9.89. The molecule has 0 unspecified atom stereocenters. The number of rotatable bonds is 1. The van der Waals surface area contributed by atoms with Crippen LogP contribution in [0.5, 0.6) is 0 Å². The maximum Gasteiger partial charge on any atom is 0.418 e. The summed E-state index contributed by atoms with van der Waals surface area (Å²) in [7, 11) is 0. The predicted octanol–water partition coefficient (Wildman–Crippen LogP) is 3.53. The van der Waals surface area contributed by atoms with Gasteiger partial charge in [-0.2, -0.15) is 42.1 Å². The second-order valence-electron chi connectivity index (χ2n) is 3.76. The van der Waals surface area contributed by atoms with Gasteiger partial charge in [0, 0.05) is 0 Å². The Balaban J connectivity index is 4.00. The molecule has 0 radical (unpaired) electrons. The fourth-order valence-corrected chi connectivity index (χ4v) is 1.78. The van der Waals surface area contributed by atoms with Gasteiger partial charge >= 0.3 is 12.4 Å². The molecule has 3 nitrogen and oxygen atoms in total. The standard InChI is InChI=1S/C12H3F6N3/c13-11(14,15)9-6(1-2-19)3-7(4-20)10(8(9)5-21)12(16,17)18/h3H,1H2. The normalized spacial score (nSPS) is 11.4. The first-order valence-corrected chi connectivity index (χ1v) is 5.09. The van der Waals surface area contributed by atoms with Crippen LogP contribution in [0.4, 0.5) is 26.3 Å². The second kappa shape index (κ2) is 5.34. The number of nitrogens with zero attached hydrogens (tertiary/aromatic N) is 3. The summed E-state index contributed by atoms with van der Waals surface area (Å²) < 4.78 is 77.2. The molecule has 1 aromatic carbocycles. The van der Waals surface area contributed by atoms with E-state index in [2.05, 4.69) is 0 Å². The molecular formula is C12H3F6N3. The minimum atomic E-state index is -5.30. The SMILES string of the molecule is N#CCc1cc(C#N)c(C(F)(F)F)c(C#N)c1C(F)(F)F. The summed E-state index contributed by atoms with van der Waals surface area (Å²) in [6.07, 6.45) is -11.4. The van der Waals surface area contributed by atoms with Gasteiger partial charge in [-0.05, 0) is 11.6 Å². The van der Waals surface area contributed by atoms with E-state index in [9.17, 15) is 26.3 Å². The molecule has 21 heavy (non-hydrogen) atoms. The number of alkyl halides is 6. The molecule has 9 heteroatoms. The smallest absolute Gasteiger partial charge is 0.198 e. The molecule has 0 atom stereocenters. The molecule has 0 heterocycles. The molecule has 108 valence electrons. The first-order valence-electron chi connectivity index (χ1n) is 5.09. The average molecular weight is 303 g/mol. The van der Waals surface area contributed by atoms with E-state index in [0.29, 0.717) is 6.07 Å². The van der Waals surface area contributed by atoms with Gasteiger partial charge in [0.25, 0.3) is 0 Å². The predicted molar refractivity (Wildman–Crippen MR) is 55.2 cm³/mol. The Labute approximate surface area is 114 Å². The maximum absolute atomic E-state index is 12.9. The molecule has 0 aliphatic carbocycles. The van der Waals surface area contributed by atoms with Crippen molar-refractivity contribution in [1.29, 1.82) is 15.8 Å². The van der Waals surface area contributed by atoms with E-state index in [-0.39, 0.29) is 0 Å². The molecule has 0 aromatic heterocycles. The van der Waals surface area contributed by atoms with E-state index in [1.165, 1.54) is 6.07 Å². The van der Waals surface area contributed by atoms with Crippen LogP contribution < -0.4 is 0 Å². The molecule has 0 N–H and O–H groups in total. The quantitative estimate of drug-likeness (QED) is 0.745. The van der Waals surface area contributed by atoms with Gasteiger partial charge in [0.15, 0.2) is 0 Å². The van der Waals surface area contributed by atoms with Crippen LogP contribution >= 0.6 is 0 Å². The minimum absolute atomic E-state index is 0.343. The molecule has 0 amide bonds. The van der Waals surface area contributed by atoms with Gasteiger partial charge < -0.3 is 0 Å². The van der Waals surface area contributed by atoms with E-state index < -0.39 is 46.6 Å². The zero-order valence-electron chi connectivity index (χ0n) is 9.89. The van der Waals surface area contributed by atoms with Crippen molar-refractivity contribution >= 4 is 0 Å². The van der Waals surface area contributed by atoms with Gasteiger partial charge in [0.1, 0.15) is 6.07 Å². The van der Waals surface area contributed by atoms with Gasteiger partial charge in [-0.25, -0.2) is 0 Å². The molecule has 0 spiro atoms. The van der Waals surface area contributed by atoms with Crippen molar-refractivity contribution in [1.82, 2.24) is 0 Å². The Kier molecular flexibility index (Phi) is 4.15. The van der Waals surface area contributed by atoms with Crippen LogP contribution in [-0.2, 0) is 18.8 Å². The Morgan fingerprint density at radius 2 is 1.38 bits per heavy atom. The van der Waals surface area contributed by atoms with Crippen LogP contribution in [0.15, 0.2) is 6.07 Å². The lowest BCUT2D eigenvalue weighted by Crippen LogP contribution is -2.19. The van der Waals surface area contributed by atoms with Crippen LogP contribution in [0.1, 0.15) is 27.8 Å². The van der Waals surface area contributed by atoms with Gasteiger partial charge in [0.05, 0.1) is 40.8 Å². The minimum Gasteiger partial charge on any atom is -0.198 e. The molecule has 0 saturated heterocycles. The van der Waals surface area contributed by atoms with Crippen molar-refractivity contribution in [3.05, 3.63) is 33.9 Å². The second-order valence-corrected chi connectivity index (χ2v) is 3.76. The molecular weight excluding hydrogens is 300 g/mol. The van der Waals surface area contributed by atoms with E-state index in [0.717, 1.165) is 12.1 Å². The lowest BCUT2D eigenvalue weighted by Gasteiger charge is -2.18. The Morgan fingerprint density at radius 1 is 0.857 bits per heavy atom. The number of nitriles is 3. The highest BCUT2D eigenvalue weighted by Crippen LogP contribution is 2.42. The fourth-order valence-electron chi connectivity index (χ4n) is 1.78. The summed E-state index contributed by atoms with van der Waals surface area (Å²) in [5, 5.41) is 25.8. The van der Waals surface area contributed by atoms with Crippen molar-refractivity contribution in [3.63, 3.8) is 0 Å². The largest absolute Gasteiger partial charge is 0.418 e. The first kappa shape index (κ1) is 16.3. The monoisotopic (exact) mass is 303 g/mol. The molecule has 0 aliphatic rings. The molecule has 0 fully saturated rings. The van der Waals surface area contributed by atoms with Crippen molar-refractivity contribution in [2.24, 2.45) is 0 Å². The van der Waals surface area contributed by atoms with Gasteiger partial charge in [-0.3, -0.25) is 0 Å². The van der Waals surface area contributed by atoms with Gasteiger partial charge in [-0.1, -0.05) is 0 Å². The Bertz CT molecular complexity index is 695. The van der Waals surface area contributed by atoms with Crippen molar-refractivity contribution in [3.8, 4) is 18.2 Å². The van der Waals surface area contributed by atoms with E-state index in [4.69, 9.17) is 15.8 Å². The molecule has 1 rings (SSSR count). The highest BCUT2D eigenvalue weighted by molar-refractivity contribution is 5.58. The number of halogens is 6. The third kappa shape index (κ3) is 3.06. The molecule has 1 aromatic rings. The zero-order chi connectivity index (χ0) is 16.4. The van der Waals surface area contributed by atoms with Gasteiger partial charge in [-0.15, -0.1) is 0 Å². The third-order valence-electron chi connectivity index (χ3n) is 2.48. The van der Waals surface area contributed by atoms with E-state index in [1.807, 2.05) is 0 Å². The number of hydrogen-bond donors (Lipinski definition) is 0. The van der Waals surface area contributed by atoms with E-state index in [1.54, 1.807) is 0 Å². The molecule has 0 aliphatic heterocycles. The summed E-state index contributed by atoms with van der Waals surface area (Å²) in [5.41, 5.74) is -7.44. The van der Waals surface area contributed by atoms with Crippen LogP contribution in [0.25, 0.3) is 0 Å². The van der Waals surface area contributed by atoms with Crippen LogP contribution in [0.2, 0.25) is 0 Å². The van der Waals surface area contributed by atoms with Crippen LogP contribution in [-0.4, -0.2) is 0 Å². The van der Waals surface area contributed by atoms with Crippen molar-refractivity contribution < 1.29 is 26.3 Å². The van der Waals surface area contributed by atoms with Crippen molar-refractivity contribution in [2.45, 2.75) is 18.8 Å².